The predicted octanol–water partition coefficient (Wildman–Crippen LogP) is 2.06. The molecule has 0 unspecified atom stereocenters. The number of nitrogens with zero attached hydrogens (tertiary/aromatic N) is 3. The maximum atomic E-state index is 5.30. The summed E-state index contributed by atoms with van der Waals surface area (Å²) in [7, 11) is 3.36. The van der Waals surface area contributed by atoms with Gasteiger partial charge in [0.05, 0.1) is 13.7 Å². The van der Waals surface area contributed by atoms with Crippen LogP contribution in [0.4, 0.5) is 17.6 Å². The average Bonchev–Trinajstić information content (AvgIpc) is 2.47. The molecule has 7 heteroatoms. The van der Waals surface area contributed by atoms with Crippen LogP contribution in [0.3, 0.4) is 0 Å². The molecule has 0 radical (unpaired) electrons. The Morgan fingerprint density at radius 2 is 1.95 bits per heavy atom. The van der Waals surface area contributed by atoms with E-state index in [2.05, 4.69) is 25.6 Å². The minimum atomic E-state index is 0.275. The van der Waals surface area contributed by atoms with E-state index in [-0.39, 0.29) is 6.01 Å². The lowest BCUT2D eigenvalue weighted by molar-refractivity contribution is 0.312. The molecule has 0 spiro atoms. The van der Waals surface area contributed by atoms with E-state index >= 15 is 0 Å². The normalized spacial score (nSPS) is 9.95. The van der Waals surface area contributed by atoms with Crippen molar-refractivity contribution < 1.29 is 9.47 Å². The number of hydrogen-bond acceptors (Lipinski definition) is 7. The Balaban J connectivity index is 2.24. The highest BCUT2D eigenvalue weighted by atomic mass is 16.5. The molecule has 1 heterocycles. The maximum Gasteiger partial charge on any atom is 0.323 e. The van der Waals surface area contributed by atoms with Gasteiger partial charge in [0.15, 0.2) is 0 Å². The van der Waals surface area contributed by atoms with Crippen LogP contribution in [0.5, 0.6) is 11.8 Å². The summed E-state index contributed by atoms with van der Waals surface area (Å²) in [4.78, 5) is 12.5. The standard InChI is InChI=1S/C13H17N5O2/c1-4-20-13-17-11(14-2)16-12(18-13)15-9-6-5-7-10(8-9)19-3/h5-8H,4H2,1-3H3,(H2,14,15,16,17,18). The van der Waals surface area contributed by atoms with Crippen LogP contribution in [0.2, 0.25) is 0 Å². The molecule has 20 heavy (non-hydrogen) atoms. The summed E-state index contributed by atoms with van der Waals surface area (Å²) >= 11 is 0. The third kappa shape index (κ3) is 3.47. The van der Waals surface area contributed by atoms with Crippen molar-refractivity contribution in [1.29, 1.82) is 0 Å². The number of aromatic nitrogens is 3. The third-order valence-electron chi connectivity index (χ3n) is 2.44. The fourth-order valence-electron chi connectivity index (χ4n) is 1.55. The molecule has 0 bridgehead atoms. The highest BCUT2D eigenvalue weighted by molar-refractivity contribution is 5.56. The molecule has 0 aliphatic heterocycles. The molecule has 0 saturated heterocycles. The number of methoxy groups -OCH3 is 1. The van der Waals surface area contributed by atoms with Crippen molar-refractivity contribution in [2.45, 2.75) is 6.92 Å². The zero-order valence-corrected chi connectivity index (χ0v) is 11.7. The summed E-state index contributed by atoms with van der Waals surface area (Å²) in [6, 6.07) is 7.76. The Morgan fingerprint density at radius 3 is 2.65 bits per heavy atom. The van der Waals surface area contributed by atoms with Gasteiger partial charge in [0.25, 0.3) is 0 Å². The fourth-order valence-corrected chi connectivity index (χ4v) is 1.55. The van der Waals surface area contributed by atoms with E-state index in [0.29, 0.717) is 18.5 Å². The lowest BCUT2D eigenvalue weighted by Crippen LogP contribution is -2.07. The first kappa shape index (κ1) is 13.9. The molecule has 0 aliphatic rings. The highest BCUT2D eigenvalue weighted by Gasteiger charge is 2.07. The number of benzene rings is 1. The molecule has 0 saturated carbocycles. The second-order valence-electron chi connectivity index (χ2n) is 3.81. The SMILES string of the molecule is CCOc1nc(NC)nc(Nc2cccc(OC)c2)n1. The van der Waals surface area contributed by atoms with E-state index in [1.54, 1.807) is 14.2 Å². The molecule has 106 valence electrons. The van der Waals surface area contributed by atoms with Crippen molar-refractivity contribution in [3.05, 3.63) is 24.3 Å². The van der Waals surface area contributed by atoms with Crippen LogP contribution in [0.15, 0.2) is 24.3 Å². The third-order valence-corrected chi connectivity index (χ3v) is 2.44. The molecule has 2 rings (SSSR count). The summed E-state index contributed by atoms with van der Waals surface area (Å²) in [6.07, 6.45) is 0. The van der Waals surface area contributed by atoms with E-state index in [9.17, 15) is 0 Å². The summed E-state index contributed by atoms with van der Waals surface area (Å²) in [5.74, 6) is 1.60. The minimum Gasteiger partial charge on any atom is -0.497 e. The minimum absolute atomic E-state index is 0.275. The zero-order valence-electron chi connectivity index (χ0n) is 11.7. The fraction of sp³-hybridized carbons (Fsp3) is 0.308. The molecule has 0 atom stereocenters. The Hall–Kier alpha value is -2.57. The van der Waals surface area contributed by atoms with Crippen molar-refractivity contribution in [1.82, 2.24) is 15.0 Å². The van der Waals surface area contributed by atoms with Crippen molar-refractivity contribution in [3.8, 4) is 11.8 Å². The summed E-state index contributed by atoms with van der Waals surface area (Å²) in [5, 5.41) is 5.96. The lowest BCUT2D eigenvalue weighted by Gasteiger charge is -2.09. The van der Waals surface area contributed by atoms with Crippen LogP contribution in [-0.2, 0) is 0 Å². The van der Waals surface area contributed by atoms with Gasteiger partial charge in [0.1, 0.15) is 5.75 Å². The Kier molecular flexibility index (Phi) is 4.54. The highest BCUT2D eigenvalue weighted by Crippen LogP contribution is 2.20. The topological polar surface area (TPSA) is 81.2 Å². The summed E-state index contributed by atoms with van der Waals surface area (Å²) in [5.41, 5.74) is 0.819. The maximum absolute atomic E-state index is 5.30. The van der Waals surface area contributed by atoms with Gasteiger partial charge in [-0.3, -0.25) is 0 Å². The quantitative estimate of drug-likeness (QED) is 0.835. The van der Waals surface area contributed by atoms with Gasteiger partial charge in [-0.05, 0) is 19.1 Å². The molecule has 0 amide bonds. The molecule has 2 N–H and O–H groups in total. The number of nitrogens with one attached hydrogen (secondary N) is 2. The lowest BCUT2D eigenvalue weighted by atomic mass is 10.3. The predicted molar refractivity (Wildman–Crippen MR) is 76.8 cm³/mol. The Morgan fingerprint density at radius 1 is 1.15 bits per heavy atom. The number of rotatable bonds is 6. The van der Waals surface area contributed by atoms with Crippen LogP contribution >= 0.6 is 0 Å². The first-order valence-electron chi connectivity index (χ1n) is 6.23. The van der Waals surface area contributed by atoms with Gasteiger partial charge in [0.2, 0.25) is 11.9 Å². The van der Waals surface area contributed by atoms with Crippen LogP contribution in [0.1, 0.15) is 6.92 Å². The smallest absolute Gasteiger partial charge is 0.323 e. The van der Waals surface area contributed by atoms with Crippen LogP contribution in [0.25, 0.3) is 0 Å². The van der Waals surface area contributed by atoms with Crippen molar-refractivity contribution in [2.75, 3.05) is 31.4 Å². The van der Waals surface area contributed by atoms with Crippen molar-refractivity contribution in [2.24, 2.45) is 0 Å². The molecule has 0 aliphatic carbocycles. The van der Waals surface area contributed by atoms with Gasteiger partial charge in [-0.1, -0.05) is 6.07 Å². The number of ether oxygens (including phenoxy) is 2. The number of anilines is 3. The van der Waals surface area contributed by atoms with Crippen molar-refractivity contribution in [3.63, 3.8) is 0 Å². The Bertz CT molecular complexity index is 576. The van der Waals surface area contributed by atoms with E-state index in [1.807, 2.05) is 31.2 Å². The summed E-state index contributed by atoms with van der Waals surface area (Å²) in [6.45, 7) is 2.36. The first-order chi connectivity index (χ1) is 9.75. The molecule has 7 nitrogen and oxygen atoms in total. The molecular weight excluding hydrogens is 258 g/mol. The Labute approximate surface area is 117 Å². The van der Waals surface area contributed by atoms with Crippen LogP contribution < -0.4 is 20.1 Å². The van der Waals surface area contributed by atoms with E-state index in [0.717, 1.165) is 11.4 Å². The van der Waals surface area contributed by atoms with E-state index in [4.69, 9.17) is 9.47 Å². The van der Waals surface area contributed by atoms with E-state index in [1.165, 1.54) is 0 Å². The van der Waals surface area contributed by atoms with Crippen molar-refractivity contribution >= 4 is 17.6 Å². The molecular formula is C13H17N5O2. The molecule has 1 aromatic heterocycles. The zero-order chi connectivity index (χ0) is 14.4. The monoisotopic (exact) mass is 275 g/mol. The van der Waals surface area contributed by atoms with Gasteiger partial charge in [-0.15, -0.1) is 0 Å². The molecule has 1 aromatic carbocycles. The molecule has 2 aromatic rings. The van der Waals surface area contributed by atoms with Gasteiger partial charge in [-0.2, -0.15) is 15.0 Å². The van der Waals surface area contributed by atoms with E-state index < -0.39 is 0 Å². The van der Waals surface area contributed by atoms with Crippen LogP contribution in [0, 0.1) is 0 Å². The second kappa shape index (κ2) is 6.55. The second-order valence-corrected chi connectivity index (χ2v) is 3.81. The van der Waals surface area contributed by atoms with Gasteiger partial charge in [0, 0.05) is 18.8 Å². The molecule has 0 fully saturated rings. The first-order valence-corrected chi connectivity index (χ1v) is 6.23. The van der Waals surface area contributed by atoms with Gasteiger partial charge in [-0.25, -0.2) is 0 Å². The van der Waals surface area contributed by atoms with Gasteiger partial charge < -0.3 is 20.1 Å². The largest absolute Gasteiger partial charge is 0.497 e. The number of hydrogen-bond donors (Lipinski definition) is 2. The van der Waals surface area contributed by atoms with Gasteiger partial charge >= 0.3 is 6.01 Å². The summed E-state index contributed by atoms with van der Waals surface area (Å²) < 4.78 is 10.5. The van der Waals surface area contributed by atoms with Crippen LogP contribution in [-0.4, -0.2) is 35.7 Å². The average molecular weight is 275 g/mol.